The molecule has 1 aromatic rings. The summed E-state index contributed by atoms with van der Waals surface area (Å²) in [5, 5.41) is 3.52. The summed E-state index contributed by atoms with van der Waals surface area (Å²) in [6.45, 7) is 5.16. The Morgan fingerprint density at radius 1 is 1.22 bits per heavy atom. The van der Waals surface area contributed by atoms with Crippen LogP contribution < -0.4 is 10.1 Å². The van der Waals surface area contributed by atoms with E-state index >= 15 is 0 Å². The molecule has 0 spiro atoms. The van der Waals surface area contributed by atoms with Crippen LogP contribution in [0.2, 0.25) is 0 Å². The van der Waals surface area contributed by atoms with Gasteiger partial charge in [-0.3, -0.25) is 0 Å². The first-order valence-corrected chi connectivity index (χ1v) is 6.74. The summed E-state index contributed by atoms with van der Waals surface area (Å²) in [7, 11) is 4.22. The maximum absolute atomic E-state index is 5.64. The first-order valence-electron chi connectivity index (χ1n) is 6.74. The molecule has 0 fully saturated rings. The Hall–Kier alpha value is -1.06. The topological polar surface area (TPSA) is 24.5 Å². The molecule has 0 saturated heterocycles. The van der Waals surface area contributed by atoms with Gasteiger partial charge in [-0.2, -0.15) is 0 Å². The van der Waals surface area contributed by atoms with Gasteiger partial charge in [0.15, 0.2) is 0 Å². The molecule has 1 unspecified atom stereocenters. The van der Waals surface area contributed by atoms with E-state index in [0.717, 1.165) is 31.9 Å². The highest BCUT2D eigenvalue weighted by atomic mass is 16.5. The van der Waals surface area contributed by atoms with Gasteiger partial charge >= 0.3 is 0 Å². The van der Waals surface area contributed by atoms with Crippen molar-refractivity contribution in [1.82, 2.24) is 10.2 Å². The van der Waals surface area contributed by atoms with Gasteiger partial charge in [0, 0.05) is 6.04 Å². The third-order valence-electron chi connectivity index (χ3n) is 2.84. The molecule has 1 aromatic carbocycles. The van der Waals surface area contributed by atoms with Crippen molar-refractivity contribution >= 4 is 0 Å². The fourth-order valence-electron chi connectivity index (χ4n) is 1.68. The molecule has 1 N–H and O–H groups in total. The molecule has 3 nitrogen and oxygen atoms in total. The van der Waals surface area contributed by atoms with Crippen molar-refractivity contribution in [2.24, 2.45) is 0 Å². The van der Waals surface area contributed by atoms with E-state index in [1.807, 2.05) is 30.3 Å². The predicted molar refractivity (Wildman–Crippen MR) is 77.2 cm³/mol. The van der Waals surface area contributed by atoms with Crippen LogP contribution in [0.1, 0.15) is 19.8 Å². The van der Waals surface area contributed by atoms with Crippen molar-refractivity contribution < 1.29 is 4.74 Å². The molecular weight excluding hydrogens is 224 g/mol. The second-order valence-electron chi connectivity index (χ2n) is 4.96. The van der Waals surface area contributed by atoms with Crippen LogP contribution in [0.5, 0.6) is 5.75 Å². The molecule has 3 heteroatoms. The lowest BCUT2D eigenvalue weighted by atomic mass is 10.2. The first kappa shape index (κ1) is 15.0. The van der Waals surface area contributed by atoms with Crippen LogP contribution in [0.4, 0.5) is 0 Å². The van der Waals surface area contributed by atoms with E-state index in [1.165, 1.54) is 6.42 Å². The van der Waals surface area contributed by atoms with Crippen LogP contribution in [-0.4, -0.2) is 44.7 Å². The van der Waals surface area contributed by atoms with E-state index in [2.05, 4.69) is 31.2 Å². The molecule has 0 saturated carbocycles. The molecule has 0 radical (unpaired) electrons. The van der Waals surface area contributed by atoms with Crippen LogP contribution in [0.25, 0.3) is 0 Å². The summed E-state index contributed by atoms with van der Waals surface area (Å²) in [5.41, 5.74) is 0. The summed E-state index contributed by atoms with van der Waals surface area (Å²) in [6, 6.07) is 10.6. The minimum atomic E-state index is 0.573. The maximum Gasteiger partial charge on any atom is 0.119 e. The zero-order valence-electron chi connectivity index (χ0n) is 11.9. The van der Waals surface area contributed by atoms with Gasteiger partial charge in [-0.25, -0.2) is 0 Å². The predicted octanol–water partition coefficient (Wildman–Crippen LogP) is 2.39. The fraction of sp³-hybridized carbons (Fsp3) is 0.600. The highest BCUT2D eigenvalue weighted by molar-refractivity contribution is 5.20. The third-order valence-corrected chi connectivity index (χ3v) is 2.84. The van der Waals surface area contributed by atoms with Crippen molar-refractivity contribution in [2.75, 3.05) is 33.8 Å². The molecule has 0 heterocycles. The highest BCUT2D eigenvalue weighted by Gasteiger charge is 2.01. The van der Waals surface area contributed by atoms with E-state index in [-0.39, 0.29) is 0 Å². The summed E-state index contributed by atoms with van der Waals surface area (Å²) < 4.78 is 5.64. The number of benzene rings is 1. The van der Waals surface area contributed by atoms with Gasteiger partial charge < -0.3 is 15.0 Å². The van der Waals surface area contributed by atoms with Gasteiger partial charge in [-0.05, 0) is 59.1 Å². The van der Waals surface area contributed by atoms with Gasteiger partial charge in [0.2, 0.25) is 0 Å². The SMILES string of the molecule is CC(CCN(C)C)NCCCOc1ccccc1. The molecule has 102 valence electrons. The van der Waals surface area contributed by atoms with E-state index in [0.29, 0.717) is 6.04 Å². The quantitative estimate of drug-likeness (QED) is 0.681. The smallest absolute Gasteiger partial charge is 0.119 e. The lowest BCUT2D eigenvalue weighted by molar-refractivity contribution is 0.301. The maximum atomic E-state index is 5.64. The zero-order valence-corrected chi connectivity index (χ0v) is 11.9. The van der Waals surface area contributed by atoms with Gasteiger partial charge in [0.1, 0.15) is 5.75 Å². The van der Waals surface area contributed by atoms with E-state index in [4.69, 9.17) is 4.74 Å². The first-order chi connectivity index (χ1) is 8.68. The van der Waals surface area contributed by atoms with Crippen molar-refractivity contribution in [3.8, 4) is 5.75 Å². The minimum absolute atomic E-state index is 0.573. The van der Waals surface area contributed by atoms with Gasteiger partial charge in [-0.15, -0.1) is 0 Å². The molecular formula is C15H26N2O. The van der Waals surface area contributed by atoms with Gasteiger partial charge in [0.25, 0.3) is 0 Å². The van der Waals surface area contributed by atoms with Crippen LogP contribution in [0.15, 0.2) is 30.3 Å². The molecule has 1 rings (SSSR count). The van der Waals surface area contributed by atoms with Crippen molar-refractivity contribution in [1.29, 1.82) is 0 Å². The van der Waals surface area contributed by atoms with Crippen LogP contribution >= 0.6 is 0 Å². The molecule has 1 atom stereocenters. The molecule has 0 bridgehead atoms. The number of rotatable bonds is 9. The van der Waals surface area contributed by atoms with Crippen molar-refractivity contribution in [2.45, 2.75) is 25.8 Å². The van der Waals surface area contributed by atoms with E-state index in [1.54, 1.807) is 0 Å². The number of hydrogen-bond acceptors (Lipinski definition) is 3. The average Bonchev–Trinajstić information content (AvgIpc) is 2.37. The number of ether oxygens (including phenoxy) is 1. The Morgan fingerprint density at radius 2 is 1.94 bits per heavy atom. The molecule has 18 heavy (non-hydrogen) atoms. The van der Waals surface area contributed by atoms with Gasteiger partial charge in [0.05, 0.1) is 6.61 Å². The highest BCUT2D eigenvalue weighted by Crippen LogP contribution is 2.08. The lowest BCUT2D eigenvalue weighted by Gasteiger charge is -2.16. The van der Waals surface area contributed by atoms with E-state index in [9.17, 15) is 0 Å². The average molecular weight is 250 g/mol. The Bertz CT molecular complexity index is 301. The van der Waals surface area contributed by atoms with Gasteiger partial charge in [-0.1, -0.05) is 18.2 Å². The Labute approximate surface area is 111 Å². The standard InChI is InChI=1S/C15H26N2O/c1-14(10-12-17(2)3)16-11-7-13-18-15-8-5-4-6-9-15/h4-6,8-9,14,16H,7,10-13H2,1-3H3. The number of para-hydroxylation sites is 1. The number of hydrogen-bond donors (Lipinski definition) is 1. The minimum Gasteiger partial charge on any atom is -0.494 e. The Balaban J connectivity index is 1.98. The molecule has 0 amide bonds. The monoisotopic (exact) mass is 250 g/mol. The summed E-state index contributed by atoms with van der Waals surface area (Å²) in [6.07, 6.45) is 2.23. The fourth-order valence-corrected chi connectivity index (χ4v) is 1.68. The van der Waals surface area contributed by atoms with E-state index < -0.39 is 0 Å². The van der Waals surface area contributed by atoms with Crippen molar-refractivity contribution in [3.05, 3.63) is 30.3 Å². The molecule has 0 aliphatic heterocycles. The normalized spacial score (nSPS) is 12.7. The van der Waals surface area contributed by atoms with Crippen LogP contribution in [0.3, 0.4) is 0 Å². The lowest BCUT2D eigenvalue weighted by Crippen LogP contribution is -2.31. The second kappa shape index (κ2) is 8.95. The number of nitrogens with one attached hydrogen (secondary N) is 1. The molecule has 0 aromatic heterocycles. The van der Waals surface area contributed by atoms with Crippen molar-refractivity contribution in [3.63, 3.8) is 0 Å². The number of nitrogens with zero attached hydrogens (tertiary/aromatic N) is 1. The molecule has 0 aliphatic rings. The Kier molecular flexibility index (Phi) is 7.46. The zero-order chi connectivity index (χ0) is 13.2. The van der Waals surface area contributed by atoms with Crippen LogP contribution in [-0.2, 0) is 0 Å². The largest absolute Gasteiger partial charge is 0.494 e. The second-order valence-corrected chi connectivity index (χ2v) is 4.96. The summed E-state index contributed by atoms with van der Waals surface area (Å²) in [4.78, 5) is 2.22. The third kappa shape index (κ3) is 7.30. The van der Waals surface area contributed by atoms with Crippen LogP contribution in [0, 0.1) is 0 Å². The Morgan fingerprint density at radius 3 is 2.61 bits per heavy atom. The summed E-state index contributed by atoms with van der Waals surface area (Å²) in [5.74, 6) is 0.957. The summed E-state index contributed by atoms with van der Waals surface area (Å²) >= 11 is 0. The molecule has 0 aliphatic carbocycles.